The standard InChI is InChI=1S/C21H23FN6OS/c22-15-11-14(18(24)29)19(28-20(15)27-17-7-2-1-6-16(17)23)26-13-5-3-4-12(10-13)21-25-8-9-30-21/h3-5,8-11,16-17H,1-2,6-7,23H2,(H2,24,29)(H2,26,27,28)/t16?,17-/m1/s1. The normalized spacial score (nSPS) is 18.7. The Bertz CT molecular complexity index is 1040. The first-order chi connectivity index (χ1) is 14.5. The second-order valence-electron chi connectivity index (χ2n) is 7.32. The number of aromatic nitrogens is 2. The van der Waals surface area contributed by atoms with E-state index in [2.05, 4.69) is 20.6 Å². The van der Waals surface area contributed by atoms with Crippen LogP contribution in [0.3, 0.4) is 0 Å². The summed E-state index contributed by atoms with van der Waals surface area (Å²) >= 11 is 1.52. The largest absolute Gasteiger partial charge is 0.365 e. The first kappa shape index (κ1) is 20.2. The van der Waals surface area contributed by atoms with Crippen LogP contribution >= 0.6 is 11.3 Å². The summed E-state index contributed by atoms with van der Waals surface area (Å²) in [4.78, 5) is 20.5. The first-order valence-electron chi connectivity index (χ1n) is 9.80. The Hall–Kier alpha value is -3.04. The molecule has 1 amide bonds. The fourth-order valence-electron chi connectivity index (χ4n) is 3.62. The maximum Gasteiger partial charge on any atom is 0.252 e. The molecule has 4 rings (SSSR count). The highest BCUT2D eigenvalue weighted by Gasteiger charge is 2.24. The molecular weight excluding hydrogens is 403 g/mol. The van der Waals surface area contributed by atoms with Gasteiger partial charge in [0.2, 0.25) is 0 Å². The highest BCUT2D eigenvalue weighted by Crippen LogP contribution is 2.29. The molecule has 1 aliphatic rings. The second-order valence-corrected chi connectivity index (χ2v) is 8.22. The first-order valence-corrected chi connectivity index (χ1v) is 10.7. The third-order valence-corrected chi connectivity index (χ3v) is 6.01. The number of amides is 1. The van der Waals surface area contributed by atoms with E-state index in [4.69, 9.17) is 11.5 Å². The van der Waals surface area contributed by atoms with Gasteiger partial charge in [0.1, 0.15) is 10.8 Å². The van der Waals surface area contributed by atoms with Crippen molar-refractivity contribution >= 4 is 34.6 Å². The van der Waals surface area contributed by atoms with Crippen LogP contribution in [0.5, 0.6) is 0 Å². The highest BCUT2D eigenvalue weighted by molar-refractivity contribution is 7.13. The molecule has 0 radical (unpaired) electrons. The Kier molecular flexibility index (Phi) is 5.91. The Labute approximate surface area is 177 Å². The van der Waals surface area contributed by atoms with Crippen molar-refractivity contribution in [3.63, 3.8) is 0 Å². The third kappa shape index (κ3) is 4.42. The summed E-state index contributed by atoms with van der Waals surface area (Å²) in [5.41, 5.74) is 13.2. The van der Waals surface area contributed by atoms with Crippen molar-refractivity contribution in [2.75, 3.05) is 10.6 Å². The van der Waals surface area contributed by atoms with Crippen LogP contribution in [0.25, 0.3) is 10.6 Å². The molecular formula is C21H23FN6OS. The van der Waals surface area contributed by atoms with E-state index in [0.29, 0.717) is 5.69 Å². The summed E-state index contributed by atoms with van der Waals surface area (Å²) in [6.07, 6.45) is 5.56. The third-order valence-electron chi connectivity index (χ3n) is 5.19. The maximum absolute atomic E-state index is 14.7. The van der Waals surface area contributed by atoms with E-state index in [9.17, 15) is 9.18 Å². The van der Waals surface area contributed by atoms with Gasteiger partial charge in [-0.3, -0.25) is 4.79 Å². The molecule has 2 heterocycles. The Morgan fingerprint density at radius 2 is 2.03 bits per heavy atom. The van der Waals surface area contributed by atoms with Crippen molar-refractivity contribution in [3.05, 3.63) is 53.3 Å². The lowest BCUT2D eigenvalue weighted by Gasteiger charge is -2.30. The topological polar surface area (TPSA) is 119 Å². The van der Waals surface area contributed by atoms with Crippen LogP contribution in [0.15, 0.2) is 41.9 Å². The number of benzene rings is 1. The number of halogens is 1. The Morgan fingerprint density at radius 1 is 1.20 bits per heavy atom. The van der Waals surface area contributed by atoms with E-state index in [-0.39, 0.29) is 29.3 Å². The molecule has 0 aliphatic heterocycles. The van der Waals surface area contributed by atoms with Crippen LogP contribution < -0.4 is 22.1 Å². The van der Waals surface area contributed by atoms with Gasteiger partial charge in [-0.2, -0.15) is 0 Å². The van der Waals surface area contributed by atoms with E-state index in [1.807, 2.05) is 29.6 Å². The molecule has 2 aromatic heterocycles. The van der Waals surface area contributed by atoms with Crippen molar-refractivity contribution in [3.8, 4) is 10.6 Å². The second kappa shape index (κ2) is 8.76. The van der Waals surface area contributed by atoms with Crippen molar-refractivity contribution < 1.29 is 9.18 Å². The molecule has 1 aromatic carbocycles. The van der Waals surface area contributed by atoms with Gasteiger partial charge in [0, 0.05) is 34.9 Å². The van der Waals surface area contributed by atoms with E-state index < -0.39 is 11.7 Å². The van der Waals surface area contributed by atoms with Gasteiger partial charge in [0.15, 0.2) is 11.6 Å². The van der Waals surface area contributed by atoms with E-state index in [1.54, 1.807) is 6.20 Å². The average molecular weight is 427 g/mol. The number of nitrogens with one attached hydrogen (secondary N) is 2. The monoisotopic (exact) mass is 426 g/mol. The average Bonchev–Trinajstić information content (AvgIpc) is 3.27. The number of primary amides is 1. The van der Waals surface area contributed by atoms with Gasteiger partial charge < -0.3 is 22.1 Å². The zero-order valence-corrected chi connectivity index (χ0v) is 17.1. The lowest BCUT2D eigenvalue weighted by atomic mass is 9.91. The van der Waals surface area contributed by atoms with Crippen molar-refractivity contribution in [1.29, 1.82) is 0 Å². The summed E-state index contributed by atoms with van der Waals surface area (Å²) in [5.74, 6) is -1.16. The number of nitrogens with zero attached hydrogens (tertiary/aromatic N) is 2. The lowest BCUT2D eigenvalue weighted by Crippen LogP contribution is -2.43. The molecule has 0 bridgehead atoms. The molecule has 0 spiro atoms. The summed E-state index contributed by atoms with van der Waals surface area (Å²) < 4.78 is 14.7. The number of pyridine rings is 1. The lowest BCUT2D eigenvalue weighted by molar-refractivity contribution is 0.100. The van der Waals surface area contributed by atoms with Crippen molar-refractivity contribution in [1.82, 2.24) is 9.97 Å². The van der Waals surface area contributed by atoms with E-state index in [0.717, 1.165) is 42.3 Å². The van der Waals surface area contributed by atoms with Crippen molar-refractivity contribution in [2.24, 2.45) is 11.5 Å². The predicted octanol–water partition coefficient (Wildman–Crippen LogP) is 3.87. The minimum atomic E-state index is -0.763. The minimum Gasteiger partial charge on any atom is -0.365 e. The molecule has 7 nitrogen and oxygen atoms in total. The fraction of sp³-hybridized carbons (Fsp3) is 0.286. The summed E-state index contributed by atoms with van der Waals surface area (Å²) in [5, 5.41) is 8.98. The van der Waals surface area contributed by atoms with Gasteiger partial charge in [0.25, 0.3) is 5.91 Å². The van der Waals surface area contributed by atoms with Gasteiger partial charge in [-0.15, -0.1) is 11.3 Å². The SMILES string of the molecule is NC(=O)c1cc(F)c(N[C@@H]2CCCCC2N)nc1Nc1cccc(-c2nccs2)c1. The Morgan fingerprint density at radius 3 is 2.77 bits per heavy atom. The van der Waals surface area contributed by atoms with Crippen LogP contribution in [-0.4, -0.2) is 28.0 Å². The van der Waals surface area contributed by atoms with Crippen LogP contribution in [0, 0.1) is 5.82 Å². The quantitative estimate of drug-likeness (QED) is 0.475. The molecule has 6 N–H and O–H groups in total. The number of thiazole rings is 1. The molecule has 1 aliphatic carbocycles. The number of hydrogen-bond acceptors (Lipinski definition) is 7. The molecule has 156 valence electrons. The highest BCUT2D eigenvalue weighted by atomic mass is 32.1. The molecule has 9 heteroatoms. The van der Waals surface area contributed by atoms with Crippen LogP contribution in [0.4, 0.5) is 21.7 Å². The summed E-state index contributed by atoms with van der Waals surface area (Å²) in [7, 11) is 0. The van der Waals surface area contributed by atoms with Gasteiger partial charge in [-0.25, -0.2) is 14.4 Å². The number of rotatable bonds is 6. The number of carbonyl (C=O) groups excluding carboxylic acids is 1. The zero-order chi connectivity index (χ0) is 21.1. The Balaban J connectivity index is 1.64. The molecule has 30 heavy (non-hydrogen) atoms. The molecule has 0 saturated heterocycles. The number of carbonyl (C=O) groups is 1. The fourth-order valence-corrected chi connectivity index (χ4v) is 4.26. The summed E-state index contributed by atoms with van der Waals surface area (Å²) in [6.45, 7) is 0. The molecule has 2 atom stereocenters. The van der Waals surface area contributed by atoms with Gasteiger partial charge in [-0.05, 0) is 31.0 Å². The van der Waals surface area contributed by atoms with Gasteiger partial charge in [-0.1, -0.05) is 25.0 Å². The maximum atomic E-state index is 14.7. The number of nitrogens with two attached hydrogens (primary N) is 2. The van der Waals surface area contributed by atoms with Crippen LogP contribution in [0.1, 0.15) is 36.0 Å². The smallest absolute Gasteiger partial charge is 0.252 e. The minimum absolute atomic E-state index is 0.0226. The molecule has 3 aromatic rings. The molecule has 1 saturated carbocycles. The molecule has 1 unspecified atom stereocenters. The van der Waals surface area contributed by atoms with Crippen molar-refractivity contribution in [2.45, 2.75) is 37.8 Å². The number of anilines is 3. The predicted molar refractivity (Wildman–Crippen MR) is 117 cm³/mol. The molecule has 1 fully saturated rings. The zero-order valence-electron chi connectivity index (χ0n) is 16.3. The van der Waals surface area contributed by atoms with E-state index >= 15 is 0 Å². The summed E-state index contributed by atoms with van der Waals surface area (Å²) in [6, 6.07) is 8.50. The van der Waals surface area contributed by atoms with Gasteiger partial charge >= 0.3 is 0 Å². The van der Waals surface area contributed by atoms with Gasteiger partial charge in [0.05, 0.1) is 5.56 Å². The van der Waals surface area contributed by atoms with E-state index in [1.165, 1.54) is 11.3 Å². The van der Waals surface area contributed by atoms with Crippen LogP contribution in [-0.2, 0) is 0 Å². The number of hydrogen-bond donors (Lipinski definition) is 4. The van der Waals surface area contributed by atoms with Crippen LogP contribution in [0.2, 0.25) is 0 Å².